The van der Waals surface area contributed by atoms with Gasteiger partial charge in [0.15, 0.2) is 0 Å². The first-order chi connectivity index (χ1) is 9.59. The molecule has 1 amide bonds. The fourth-order valence-electron chi connectivity index (χ4n) is 1.95. The van der Waals surface area contributed by atoms with Gasteiger partial charge in [-0.15, -0.1) is 0 Å². The minimum absolute atomic E-state index is 0.131. The number of benzene rings is 2. The van der Waals surface area contributed by atoms with E-state index in [1.807, 2.05) is 24.3 Å². The molecule has 2 rings (SSSR count). The Morgan fingerprint density at radius 3 is 2.70 bits per heavy atom. The van der Waals surface area contributed by atoms with Gasteiger partial charge in [0.1, 0.15) is 5.75 Å². The van der Waals surface area contributed by atoms with Crippen LogP contribution in [0.15, 0.2) is 40.9 Å². The third kappa shape index (κ3) is 3.51. The van der Waals surface area contributed by atoms with E-state index in [2.05, 4.69) is 28.1 Å². The smallest absolute Gasteiger partial charge is 0.222 e. The second kappa shape index (κ2) is 6.75. The average molecular weight is 336 g/mol. The number of hydrogen-bond acceptors (Lipinski definition) is 2. The van der Waals surface area contributed by atoms with Crippen LogP contribution >= 0.6 is 15.9 Å². The van der Waals surface area contributed by atoms with Crippen molar-refractivity contribution in [2.24, 2.45) is 0 Å². The zero-order valence-electron chi connectivity index (χ0n) is 11.7. The Labute approximate surface area is 127 Å². The fourth-order valence-corrected chi connectivity index (χ4v) is 2.56. The molecule has 0 aromatic heterocycles. The molecule has 0 aliphatic heterocycles. The Hall–Kier alpha value is -1.55. The van der Waals surface area contributed by atoms with Crippen LogP contribution in [0.4, 0.5) is 0 Å². The minimum Gasteiger partial charge on any atom is -0.492 e. The number of hydrogen-bond donors (Lipinski definition) is 0. The van der Waals surface area contributed by atoms with Crippen molar-refractivity contribution in [3.05, 3.63) is 40.9 Å². The highest BCUT2D eigenvalue weighted by molar-refractivity contribution is 9.10. The molecule has 0 radical (unpaired) electrons. The number of ether oxygens (including phenoxy) is 1. The first-order valence-corrected chi connectivity index (χ1v) is 7.39. The van der Waals surface area contributed by atoms with E-state index in [1.165, 1.54) is 5.39 Å². The molecule has 0 aliphatic rings. The number of carbonyl (C=O) groups excluding carboxylic acids is 1. The molecular formula is C16H18BrNO2. The Kier molecular flexibility index (Phi) is 5.01. The number of carbonyl (C=O) groups is 1. The number of amides is 1. The molecule has 0 spiro atoms. The lowest BCUT2D eigenvalue weighted by Crippen LogP contribution is -2.21. The second-order valence-corrected chi connectivity index (χ2v) is 5.63. The van der Waals surface area contributed by atoms with Crippen LogP contribution in [0.1, 0.15) is 12.8 Å². The SMILES string of the molecule is CN(C)C(=O)CCCOc1ccc2ccccc2c1Br. The summed E-state index contributed by atoms with van der Waals surface area (Å²) >= 11 is 3.59. The van der Waals surface area contributed by atoms with E-state index >= 15 is 0 Å². The molecule has 0 saturated heterocycles. The molecular weight excluding hydrogens is 318 g/mol. The van der Waals surface area contributed by atoms with Gasteiger partial charge in [-0.1, -0.05) is 30.3 Å². The predicted octanol–water partition coefficient (Wildman–Crippen LogP) is 3.85. The van der Waals surface area contributed by atoms with Crippen LogP contribution in [0.2, 0.25) is 0 Å². The Balaban J connectivity index is 1.97. The van der Waals surface area contributed by atoms with E-state index in [0.717, 1.165) is 22.0 Å². The van der Waals surface area contributed by atoms with Crippen LogP contribution in [0.3, 0.4) is 0 Å². The minimum atomic E-state index is 0.131. The first-order valence-electron chi connectivity index (χ1n) is 6.60. The molecule has 0 unspecified atom stereocenters. The highest BCUT2D eigenvalue weighted by Crippen LogP contribution is 2.33. The van der Waals surface area contributed by atoms with Crippen molar-refractivity contribution in [1.82, 2.24) is 4.90 Å². The Morgan fingerprint density at radius 2 is 1.95 bits per heavy atom. The van der Waals surface area contributed by atoms with Gasteiger partial charge >= 0.3 is 0 Å². The summed E-state index contributed by atoms with van der Waals surface area (Å²) < 4.78 is 6.72. The second-order valence-electron chi connectivity index (χ2n) is 4.84. The molecule has 0 fully saturated rings. The third-order valence-electron chi connectivity index (χ3n) is 3.12. The molecule has 0 N–H and O–H groups in total. The van der Waals surface area contributed by atoms with Crippen molar-refractivity contribution in [1.29, 1.82) is 0 Å². The maximum Gasteiger partial charge on any atom is 0.222 e. The van der Waals surface area contributed by atoms with Crippen LogP contribution in [-0.2, 0) is 4.79 Å². The topological polar surface area (TPSA) is 29.5 Å². The quantitative estimate of drug-likeness (QED) is 0.776. The summed E-state index contributed by atoms with van der Waals surface area (Å²) in [7, 11) is 3.53. The molecule has 2 aromatic carbocycles. The number of halogens is 1. The zero-order valence-corrected chi connectivity index (χ0v) is 13.3. The van der Waals surface area contributed by atoms with Gasteiger partial charge in [0.25, 0.3) is 0 Å². The molecule has 0 saturated carbocycles. The van der Waals surface area contributed by atoms with Gasteiger partial charge < -0.3 is 9.64 Å². The molecule has 0 heterocycles. The van der Waals surface area contributed by atoms with Crippen LogP contribution in [0.25, 0.3) is 10.8 Å². The lowest BCUT2D eigenvalue weighted by molar-refractivity contribution is -0.128. The van der Waals surface area contributed by atoms with E-state index in [0.29, 0.717) is 13.0 Å². The normalized spacial score (nSPS) is 10.6. The summed E-state index contributed by atoms with van der Waals surface area (Å²) in [6, 6.07) is 12.1. The molecule has 0 aliphatic carbocycles. The third-order valence-corrected chi connectivity index (χ3v) is 3.94. The van der Waals surface area contributed by atoms with Crippen molar-refractivity contribution >= 4 is 32.6 Å². The summed E-state index contributed by atoms with van der Waals surface area (Å²) in [6.45, 7) is 0.538. The summed E-state index contributed by atoms with van der Waals surface area (Å²) in [5, 5.41) is 2.31. The molecule has 106 valence electrons. The molecule has 20 heavy (non-hydrogen) atoms. The monoisotopic (exact) mass is 335 g/mol. The highest BCUT2D eigenvalue weighted by atomic mass is 79.9. The van der Waals surface area contributed by atoms with Gasteiger partial charge in [-0.3, -0.25) is 4.79 Å². The highest BCUT2D eigenvalue weighted by Gasteiger charge is 2.07. The van der Waals surface area contributed by atoms with Gasteiger partial charge in [-0.2, -0.15) is 0 Å². The lowest BCUT2D eigenvalue weighted by Gasteiger charge is -2.12. The number of fused-ring (bicyclic) bond motifs is 1. The number of nitrogens with zero attached hydrogens (tertiary/aromatic N) is 1. The fraction of sp³-hybridized carbons (Fsp3) is 0.312. The Bertz CT molecular complexity index is 610. The van der Waals surface area contributed by atoms with Crippen molar-refractivity contribution < 1.29 is 9.53 Å². The average Bonchev–Trinajstić information content (AvgIpc) is 2.45. The van der Waals surface area contributed by atoms with Crippen molar-refractivity contribution in [3.8, 4) is 5.75 Å². The summed E-state index contributed by atoms with van der Waals surface area (Å²) in [5.41, 5.74) is 0. The van der Waals surface area contributed by atoms with E-state index < -0.39 is 0 Å². The van der Waals surface area contributed by atoms with Crippen molar-refractivity contribution in [2.45, 2.75) is 12.8 Å². The lowest BCUT2D eigenvalue weighted by atomic mass is 10.1. The van der Waals surface area contributed by atoms with Gasteiger partial charge in [0.05, 0.1) is 11.1 Å². The van der Waals surface area contributed by atoms with Gasteiger partial charge in [0, 0.05) is 20.5 Å². The van der Waals surface area contributed by atoms with Gasteiger partial charge in [-0.05, 0) is 39.2 Å². The molecule has 0 atom stereocenters. The first kappa shape index (κ1) is 14.9. The van der Waals surface area contributed by atoms with Crippen molar-refractivity contribution in [2.75, 3.05) is 20.7 Å². The van der Waals surface area contributed by atoms with Gasteiger partial charge in [0.2, 0.25) is 5.91 Å². The van der Waals surface area contributed by atoms with Crippen LogP contribution in [-0.4, -0.2) is 31.5 Å². The van der Waals surface area contributed by atoms with E-state index in [1.54, 1.807) is 19.0 Å². The maximum atomic E-state index is 11.5. The number of rotatable bonds is 5. The zero-order chi connectivity index (χ0) is 14.5. The largest absolute Gasteiger partial charge is 0.492 e. The Morgan fingerprint density at radius 1 is 1.20 bits per heavy atom. The van der Waals surface area contributed by atoms with Crippen LogP contribution in [0, 0.1) is 0 Å². The predicted molar refractivity (Wildman–Crippen MR) is 85.1 cm³/mol. The molecule has 4 heteroatoms. The summed E-state index contributed by atoms with van der Waals surface area (Å²) in [5.74, 6) is 0.951. The van der Waals surface area contributed by atoms with Crippen LogP contribution in [0.5, 0.6) is 5.75 Å². The molecule has 0 bridgehead atoms. The molecule has 3 nitrogen and oxygen atoms in total. The summed E-state index contributed by atoms with van der Waals surface area (Å²) in [6.07, 6.45) is 1.23. The summed E-state index contributed by atoms with van der Waals surface area (Å²) in [4.78, 5) is 13.1. The van der Waals surface area contributed by atoms with Crippen molar-refractivity contribution in [3.63, 3.8) is 0 Å². The standard InChI is InChI=1S/C16H18BrNO2/c1-18(2)15(19)8-5-11-20-14-10-9-12-6-3-4-7-13(12)16(14)17/h3-4,6-7,9-10H,5,8,11H2,1-2H3. The maximum absolute atomic E-state index is 11.5. The van der Waals surface area contributed by atoms with E-state index in [4.69, 9.17) is 4.74 Å². The molecule has 2 aromatic rings. The van der Waals surface area contributed by atoms with E-state index in [-0.39, 0.29) is 5.91 Å². The van der Waals surface area contributed by atoms with Crippen LogP contribution < -0.4 is 4.74 Å². The van der Waals surface area contributed by atoms with E-state index in [9.17, 15) is 4.79 Å². The van der Waals surface area contributed by atoms with Gasteiger partial charge in [-0.25, -0.2) is 0 Å².